The van der Waals surface area contributed by atoms with Gasteiger partial charge in [0.05, 0.1) is 17.5 Å². The minimum atomic E-state index is -4.74. The Hall–Kier alpha value is -3.28. The van der Waals surface area contributed by atoms with Gasteiger partial charge >= 0.3 is 6.18 Å². The standard InChI is InChI=1S/C27H26Cl2F3N3O4S/c1-33-26(37)24(13-18-7-4-3-5-8-18)34(16-19-11-12-21(28)15-23(19)29)25(36)17-35(40(2,38)39)22-10-6-9-20(14-22)27(30,31)32/h3-12,14-15,24H,13,16-17H2,1-2H3,(H,33,37). The molecule has 214 valence electrons. The van der Waals surface area contributed by atoms with Crippen molar-refractivity contribution in [2.75, 3.05) is 24.2 Å². The summed E-state index contributed by atoms with van der Waals surface area (Å²) in [5, 5.41) is 3.07. The van der Waals surface area contributed by atoms with Gasteiger partial charge in [-0.25, -0.2) is 8.42 Å². The number of anilines is 1. The molecule has 3 rings (SSSR count). The number of benzene rings is 3. The molecule has 0 fully saturated rings. The molecule has 2 amide bonds. The number of likely N-dealkylation sites (N-methyl/N-ethyl adjacent to an activating group) is 1. The average Bonchev–Trinajstić information content (AvgIpc) is 2.89. The van der Waals surface area contributed by atoms with E-state index >= 15 is 0 Å². The van der Waals surface area contributed by atoms with Crippen LogP contribution in [0.3, 0.4) is 0 Å². The van der Waals surface area contributed by atoms with Crippen molar-refractivity contribution < 1.29 is 31.2 Å². The summed E-state index contributed by atoms with van der Waals surface area (Å²) in [4.78, 5) is 28.1. The Balaban J connectivity index is 2.08. The quantitative estimate of drug-likeness (QED) is 0.341. The second-order valence-corrected chi connectivity index (χ2v) is 11.6. The zero-order valence-corrected chi connectivity index (χ0v) is 23.8. The normalized spacial score (nSPS) is 12.5. The summed E-state index contributed by atoms with van der Waals surface area (Å²) in [7, 11) is -2.84. The largest absolute Gasteiger partial charge is 0.416 e. The first-order valence-electron chi connectivity index (χ1n) is 11.8. The van der Waals surface area contributed by atoms with Gasteiger partial charge in [-0.2, -0.15) is 13.2 Å². The zero-order chi connectivity index (χ0) is 29.7. The van der Waals surface area contributed by atoms with Crippen LogP contribution in [0, 0.1) is 0 Å². The summed E-state index contributed by atoms with van der Waals surface area (Å²) in [5.74, 6) is -1.37. The number of hydrogen-bond acceptors (Lipinski definition) is 4. The van der Waals surface area contributed by atoms with E-state index in [4.69, 9.17) is 23.2 Å². The number of sulfonamides is 1. The number of nitrogens with one attached hydrogen (secondary N) is 1. The fourth-order valence-corrected chi connectivity index (χ4v) is 5.31. The Morgan fingerprint density at radius 2 is 1.65 bits per heavy atom. The Kier molecular flexibility index (Phi) is 10.1. The summed E-state index contributed by atoms with van der Waals surface area (Å²) < 4.78 is 66.1. The molecule has 0 aliphatic heterocycles. The van der Waals surface area contributed by atoms with Gasteiger partial charge in [0, 0.05) is 30.1 Å². The van der Waals surface area contributed by atoms with Crippen molar-refractivity contribution in [1.82, 2.24) is 10.2 Å². The van der Waals surface area contributed by atoms with E-state index in [0.29, 0.717) is 26.5 Å². The third-order valence-corrected chi connectivity index (χ3v) is 7.74. The Morgan fingerprint density at radius 1 is 0.975 bits per heavy atom. The van der Waals surface area contributed by atoms with E-state index in [1.807, 2.05) is 0 Å². The molecule has 0 bridgehead atoms. The van der Waals surface area contributed by atoms with Crippen LogP contribution in [-0.2, 0) is 38.8 Å². The first kappa shape index (κ1) is 31.3. The van der Waals surface area contributed by atoms with Crippen LogP contribution in [0.15, 0.2) is 72.8 Å². The molecular weight excluding hydrogens is 590 g/mol. The summed E-state index contributed by atoms with van der Waals surface area (Å²) in [6.07, 6.45) is -3.89. The maximum Gasteiger partial charge on any atom is 0.416 e. The Bertz CT molecular complexity index is 1470. The van der Waals surface area contributed by atoms with Crippen LogP contribution in [-0.4, -0.2) is 51.0 Å². The van der Waals surface area contributed by atoms with Crippen LogP contribution >= 0.6 is 23.2 Å². The maximum atomic E-state index is 13.8. The molecule has 1 N–H and O–H groups in total. The van der Waals surface area contributed by atoms with Crippen LogP contribution in [0.2, 0.25) is 10.0 Å². The van der Waals surface area contributed by atoms with Crippen LogP contribution in [0.25, 0.3) is 0 Å². The number of carbonyl (C=O) groups excluding carboxylic acids is 2. The first-order chi connectivity index (χ1) is 18.7. The first-order valence-corrected chi connectivity index (χ1v) is 14.4. The highest BCUT2D eigenvalue weighted by atomic mass is 35.5. The highest BCUT2D eigenvalue weighted by Gasteiger charge is 2.35. The molecule has 40 heavy (non-hydrogen) atoms. The molecule has 3 aromatic carbocycles. The number of nitrogens with zero attached hydrogens (tertiary/aromatic N) is 2. The van der Waals surface area contributed by atoms with Gasteiger partial charge in [0.25, 0.3) is 0 Å². The topological polar surface area (TPSA) is 86.8 Å². The van der Waals surface area contributed by atoms with Crippen LogP contribution in [0.1, 0.15) is 16.7 Å². The lowest BCUT2D eigenvalue weighted by atomic mass is 10.0. The highest BCUT2D eigenvalue weighted by molar-refractivity contribution is 7.92. The van der Waals surface area contributed by atoms with E-state index in [-0.39, 0.29) is 23.7 Å². The van der Waals surface area contributed by atoms with Crippen molar-refractivity contribution in [2.24, 2.45) is 0 Å². The predicted molar refractivity (Wildman–Crippen MR) is 149 cm³/mol. The Labute approximate surface area is 240 Å². The molecule has 0 saturated carbocycles. The van der Waals surface area contributed by atoms with Gasteiger partial charge in [-0.1, -0.05) is 65.7 Å². The van der Waals surface area contributed by atoms with Crippen molar-refractivity contribution >= 4 is 50.7 Å². The lowest BCUT2D eigenvalue weighted by Crippen LogP contribution is -2.53. The fourth-order valence-electron chi connectivity index (χ4n) is 4.01. The zero-order valence-electron chi connectivity index (χ0n) is 21.5. The van der Waals surface area contributed by atoms with Gasteiger partial charge in [0.1, 0.15) is 12.6 Å². The molecule has 1 atom stereocenters. The van der Waals surface area contributed by atoms with Crippen molar-refractivity contribution in [3.8, 4) is 0 Å². The molecule has 0 radical (unpaired) electrons. The average molecular weight is 616 g/mol. The van der Waals surface area contributed by atoms with E-state index in [1.54, 1.807) is 42.5 Å². The predicted octanol–water partition coefficient (Wildman–Crippen LogP) is 5.16. The van der Waals surface area contributed by atoms with Crippen molar-refractivity contribution in [1.29, 1.82) is 0 Å². The molecule has 3 aromatic rings. The van der Waals surface area contributed by atoms with Crippen LogP contribution < -0.4 is 9.62 Å². The van der Waals surface area contributed by atoms with Crippen molar-refractivity contribution in [3.63, 3.8) is 0 Å². The smallest absolute Gasteiger partial charge is 0.357 e. The fraction of sp³-hybridized carbons (Fsp3) is 0.259. The summed E-state index contributed by atoms with van der Waals surface area (Å²) >= 11 is 12.4. The number of rotatable bonds is 10. The van der Waals surface area contributed by atoms with Gasteiger partial charge in [-0.15, -0.1) is 0 Å². The van der Waals surface area contributed by atoms with Gasteiger partial charge in [-0.3, -0.25) is 13.9 Å². The summed E-state index contributed by atoms with van der Waals surface area (Å²) in [6.45, 7) is -1.08. The van der Waals surface area contributed by atoms with E-state index in [9.17, 15) is 31.2 Å². The molecule has 13 heteroatoms. The maximum absolute atomic E-state index is 13.8. The third-order valence-electron chi connectivity index (χ3n) is 6.01. The van der Waals surface area contributed by atoms with Crippen molar-refractivity contribution in [3.05, 3.63) is 99.5 Å². The molecule has 0 aliphatic carbocycles. The molecule has 7 nitrogen and oxygen atoms in total. The molecule has 1 unspecified atom stereocenters. The molecule has 0 spiro atoms. The monoisotopic (exact) mass is 615 g/mol. The minimum absolute atomic E-state index is 0.0693. The molecule has 0 saturated heterocycles. The third kappa shape index (κ3) is 8.12. The second-order valence-electron chi connectivity index (χ2n) is 8.89. The number of amides is 2. The second kappa shape index (κ2) is 12.9. The summed E-state index contributed by atoms with van der Waals surface area (Å²) in [6, 6.07) is 15.9. The van der Waals surface area contributed by atoms with Gasteiger partial charge < -0.3 is 10.2 Å². The van der Waals surface area contributed by atoms with E-state index in [2.05, 4.69) is 5.32 Å². The minimum Gasteiger partial charge on any atom is -0.357 e. The number of alkyl halides is 3. The van der Waals surface area contributed by atoms with Crippen molar-refractivity contribution in [2.45, 2.75) is 25.2 Å². The highest BCUT2D eigenvalue weighted by Crippen LogP contribution is 2.32. The number of hydrogen-bond donors (Lipinski definition) is 1. The SMILES string of the molecule is CNC(=O)C(Cc1ccccc1)N(Cc1ccc(Cl)cc1Cl)C(=O)CN(c1cccc(C(F)(F)F)c1)S(C)(=O)=O. The number of halogens is 5. The number of carbonyl (C=O) groups is 2. The van der Waals surface area contributed by atoms with Crippen LogP contribution in [0.5, 0.6) is 0 Å². The van der Waals surface area contributed by atoms with E-state index in [0.717, 1.165) is 29.4 Å². The Morgan fingerprint density at radius 3 is 2.23 bits per heavy atom. The molecule has 0 heterocycles. The van der Waals surface area contributed by atoms with E-state index in [1.165, 1.54) is 13.1 Å². The lowest BCUT2D eigenvalue weighted by molar-refractivity contribution is -0.139. The van der Waals surface area contributed by atoms with Crippen LogP contribution in [0.4, 0.5) is 18.9 Å². The van der Waals surface area contributed by atoms with Gasteiger partial charge in [0.15, 0.2) is 0 Å². The van der Waals surface area contributed by atoms with Gasteiger partial charge in [0.2, 0.25) is 21.8 Å². The summed E-state index contributed by atoms with van der Waals surface area (Å²) in [5.41, 5.74) is -0.293. The molecule has 0 aliphatic rings. The molecular formula is C27H26Cl2F3N3O4S. The van der Waals surface area contributed by atoms with Gasteiger partial charge in [-0.05, 0) is 41.5 Å². The van der Waals surface area contributed by atoms with E-state index < -0.39 is 46.2 Å². The lowest BCUT2D eigenvalue weighted by Gasteiger charge is -2.33. The molecule has 0 aromatic heterocycles.